The number of halogens is 3. The van der Waals surface area contributed by atoms with Gasteiger partial charge in [-0.3, -0.25) is 19.4 Å². The molecule has 31 heavy (non-hydrogen) atoms. The number of hydrogen-bond donors (Lipinski definition) is 1. The number of alkyl halides is 3. The molecular formula is C21H25F3N4O3. The standard InChI is InChI=1S/C21H25F3N4O3/c1-26(19(29)14-27-8-10-28(11-9-27)15-21(22,23)24)18-7-3-2-6-17(18)20(30)25-13-16-5-4-12-31-16/h2-7,12H,8-11,13-15H2,1H3,(H,25,30). The number of anilines is 1. The maximum absolute atomic E-state index is 12.8. The van der Waals surface area contributed by atoms with Crippen molar-refractivity contribution in [1.82, 2.24) is 15.1 Å². The smallest absolute Gasteiger partial charge is 0.401 e. The average molecular weight is 438 g/mol. The van der Waals surface area contributed by atoms with Crippen molar-refractivity contribution in [3.63, 3.8) is 0 Å². The van der Waals surface area contributed by atoms with E-state index in [1.807, 2.05) is 4.90 Å². The number of nitrogens with zero attached hydrogens (tertiary/aromatic N) is 3. The maximum Gasteiger partial charge on any atom is 0.401 e. The summed E-state index contributed by atoms with van der Waals surface area (Å²) in [7, 11) is 1.58. The third-order valence-electron chi connectivity index (χ3n) is 5.11. The number of benzene rings is 1. The van der Waals surface area contributed by atoms with E-state index in [4.69, 9.17) is 4.42 Å². The van der Waals surface area contributed by atoms with E-state index in [0.29, 0.717) is 30.1 Å². The predicted octanol–water partition coefficient (Wildman–Crippen LogP) is 2.35. The van der Waals surface area contributed by atoms with Gasteiger partial charge in [-0.05, 0) is 24.3 Å². The van der Waals surface area contributed by atoms with Gasteiger partial charge in [0.25, 0.3) is 5.91 Å². The van der Waals surface area contributed by atoms with Crippen LogP contribution in [0.15, 0.2) is 47.1 Å². The van der Waals surface area contributed by atoms with Gasteiger partial charge in [0.05, 0.1) is 37.1 Å². The van der Waals surface area contributed by atoms with E-state index in [1.165, 1.54) is 16.1 Å². The molecule has 1 aromatic carbocycles. The van der Waals surface area contributed by atoms with Crippen LogP contribution < -0.4 is 10.2 Å². The van der Waals surface area contributed by atoms with Crippen molar-refractivity contribution in [3.05, 3.63) is 54.0 Å². The molecule has 0 radical (unpaired) electrons. The van der Waals surface area contributed by atoms with Gasteiger partial charge in [-0.15, -0.1) is 0 Å². The molecule has 0 spiro atoms. The van der Waals surface area contributed by atoms with E-state index in [-0.39, 0.29) is 38.0 Å². The molecule has 2 aromatic rings. The van der Waals surface area contributed by atoms with Crippen LogP contribution in [0.3, 0.4) is 0 Å². The molecular weight excluding hydrogens is 413 g/mol. The molecule has 1 N–H and O–H groups in total. The zero-order chi connectivity index (χ0) is 22.4. The minimum atomic E-state index is -4.22. The number of para-hydroxylation sites is 1. The Labute approximate surface area is 178 Å². The molecule has 168 valence electrons. The molecule has 2 amide bonds. The number of piperazine rings is 1. The third-order valence-corrected chi connectivity index (χ3v) is 5.11. The highest BCUT2D eigenvalue weighted by molar-refractivity contribution is 6.04. The average Bonchev–Trinajstić information content (AvgIpc) is 3.25. The highest BCUT2D eigenvalue weighted by Crippen LogP contribution is 2.21. The number of rotatable bonds is 7. The summed E-state index contributed by atoms with van der Waals surface area (Å²) in [4.78, 5) is 30.0. The van der Waals surface area contributed by atoms with Crippen LogP contribution in [-0.2, 0) is 11.3 Å². The van der Waals surface area contributed by atoms with Crippen LogP contribution in [-0.4, -0.2) is 74.1 Å². The molecule has 7 nitrogen and oxygen atoms in total. The van der Waals surface area contributed by atoms with Crippen LogP contribution >= 0.6 is 0 Å². The first-order chi connectivity index (χ1) is 14.7. The van der Waals surface area contributed by atoms with Crippen LogP contribution in [0.25, 0.3) is 0 Å². The van der Waals surface area contributed by atoms with Crippen molar-refractivity contribution in [3.8, 4) is 0 Å². The van der Waals surface area contributed by atoms with Crippen LogP contribution in [0.4, 0.5) is 18.9 Å². The van der Waals surface area contributed by atoms with Gasteiger partial charge in [-0.1, -0.05) is 12.1 Å². The predicted molar refractivity (Wildman–Crippen MR) is 109 cm³/mol. The van der Waals surface area contributed by atoms with E-state index in [1.54, 1.807) is 43.4 Å². The molecule has 0 bridgehead atoms. The van der Waals surface area contributed by atoms with E-state index in [0.717, 1.165) is 0 Å². The van der Waals surface area contributed by atoms with Gasteiger partial charge >= 0.3 is 6.18 Å². The molecule has 0 saturated carbocycles. The van der Waals surface area contributed by atoms with Gasteiger partial charge in [0.15, 0.2) is 0 Å². The topological polar surface area (TPSA) is 69.0 Å². The Hall–Kier alpha value is -2.85. The SMILES string of the molecule is CN(C(=O)CN1CCN(CC(F)(F)F)CC1)c1ccccc1C(=O)NCc1ccco1. The summed E-state index contributed by atoms with van der Waals surface area (Å²) in [6.45, 7) is 0.611. The summed E-state index contributed by atoms with van der Waals surface area (Å²) in [6, 6.07) is 10.2. The minimum Gasteiger partial charge on any atom is -0.467 e. The zero-order valence-electron chi connectivity index (χ0n) is 17.2. The first-order valence-electron chi connectivity index (χ1n) is 9.90. The molecule has 0 atom stereocenters. The van der Waals surface area contributed by atoms with Gasteiger partial charge in [0.1, 0.15) is 5.76 Å². The molecule has 1 fully saturated rings. The van der Waals surface area contributed by atoms with Crippen molar-refractivity contribution in [2.24, 2.45) is 0 Å². The first kappa shape index (κ1) is 22.8. The molecule has 1 aliphatic rings. The Morgan fingerprint density at radius 2 is 1.74 bits per heavy atom. The largest absolute Gasteiger partial charge is 0.467 e. The Morgan fingerprint density at radius 1 is 1.06 bits per heavy atom. The summed E-state index contributed by atoms with van der Waals surface area (Å²) >= 11 is 0. The Kier molecular flexibility index (Phi) is 7.34. The second-order valence-electron chi connectivity index (χ2n) is 7.40. The second kappa shape index (κ2) is 9.97. The number of furan rings is 1. The molecule has 0 aliphatic carbocycles. The van der Waals surface area contributed by atoms with Crippen LogP contribution in [0.2, 0.25) is 0 Å². The van der Waals surface area contributed by atoms with E-state index in [2.05, 4.69) is 5.32 Å². The van der Waals surface area contributed by atoms with Gasteiger partial charge in [-0.25, -0.2) is 0 Å². The normalized spacial score (nSPS) is 15.6. The monoisotopic (exact) mass is 438 g/mol. The lowest BCUT2D eigenvalue weighted by atomic mass is 10.1. The lowest BCUT2D eigenvalue weighted by Crippen LogP contribution is -2.51. The summed E-state index contributed by atoms with van der Waals surface area (Å²) in [6.07, 6.45) is -2.70. The number of hydrogen-bond acceptors (Lipinski definition) is 5. The fraction of sp³-hybridized carbons (Fsp3) is 0.429. The molecule has 10 heteroatoms. The van der Waals surface area contributed by atoms with Gasteiger partial charge in [0.2, 0.25) is 5.91 Å². The summed E-state index contributed by atoms with van der Waals surface area (Å²) in [5.41, 5.74) is 0.806. The van der Waals surface area contributed by atoms with Gasteiger partial charge < -0.3 is 14.6 Å². The van der Waals surface area contributed by atoms with Crippen LogP contribution in [0.5, 0.6) is 0 Å². The molecule has 2 heterocycles. The Morgan fingerprint density at radius 3 is 2.39 bits per heavy atom. The van der Waals surface area contributed by atoms with Crippen molar-refractivity contribution in [2.75, 3.05) is 51.2 Å². The lowest BCUT2D eigenvalue weighted by Gasteiger charge is -2.35. The highest BCUT2D eigenvalue weighted by atomic mass is 19.4. The molecule has 1 saturated heterocycles. The third kappa shape index (κ3) is 6.56. The highest BCUT2D eigenvalue weighted by Gasteiger charge is 2.32. The van der Waals surface area contributed by atoms with Crippen molar-refractivity contribution in [1.29, 1.82) is 0 Å². The second-order valence-corrected chi connectivity index (χ2v) is 7.40. The number of carbonyl (C=O) groups is 2. The fourth-order valence-corrected chi connectivity index (χ4v) is 3.42. The van der Waals surface area contributed by atoms with E-state index >= 15 is 0 Å². The zero-order valence-corrected chi connectivity index (χ0v) is 17.2. The van der Waals surface area contributed by atoms with Gasteiger partial charge in [0, 0.05) is 33.2 Å². The van der Waals surface area contributed by atoms with Crippen molar-refractivity contribution < 1.29 is 27.2 Å². The van der Waals surface area contributed by atoms with E-state index in [9.17, 15) is 22.8 Å². The summed E-state index contributed by atoms with van der Waals surface area (Å²) in [5, 5.41) is 2.76. The lowest BCUT2D eigenvalue weighted by molar-refractivity contribution is -0.149. The fourth-order valence-electron chi connectivity index (χ4n) is 3.42. The number of nitrogens with one attached hydrogen (secondary N) is 1. The quantitative estimate of drug-likeness (QED) is 0.719. The molecule has 3 rings (SSSR count). The Bertz CT molecular complexity index is 878. The molecule has 1 aromatic heterocycles. The summed E-state index contributed by atoms with van der Waals surface area (Å²) < 4.78 is 42.8. The minimum absolute atomic E-state index is 0.0682. The Balaban J connectivity index is 1.56. The van der Waals surface area contributed by atoms with Crippen LogP contribution in [0, 0.1) is 0 Å². The molecule has 1 aliphatic heterocycles. The van der Waals surface area contributed by atoms with Crippen LogP contribution in [0.1, 0.15) is 16.1 Å². The molecule has 0 unspecified atom stereocenters. The maximum atomic E-state index is 12.8. The summed E-state index contributed by atoms with van der Waals surface area (Å²) in [5.74, 6) is 0.0305. The van der Waals surface area contributed by atoms with Gasteiger partial charge in [-0.2, -0.15) is 13.2 Å². The number of carbonyl (C=O) groups excluding carboxylic acids is 2. The van der Waals surface area contributed by atoms with Crippen molar-refractivity contribution >= 4 is 17.5 Å². The first-order valence-corrected chi connectivity index (χ1v) is 9.90. The van der Waals surface area contributed by atoms with E-state index < -0.39 is 12.7 Å². The number of likely N-dealkylation sites (N-methyl/N-ethyl adjacent to an activating group) is 1. The number of amides is 2. The van der Waals surface area contributed by atoms with Crippen molar-refractivity contribution in [2.45, 2.75) is 12.7 Å².